The third-order valence-electron chi connectivity index (χ3n) is 3.01. The number of nitrogens with one attached hydrogen (secondary N) is 1. The fourth-order valence-corrected chi connectivity index (χ4v) is 1.95. The molecule has 0 unspecified atom stereocenters. The van der Waals surface area contributed by atoms with Crippen molar-refractivity contribution in [3.05, 3.63) is 54.1 Å². The number of hydrogen-bond acceptors (Lipinski definition) is 4. The Bertz CT molecular complexity index is 690. The molecule has 0 aliphatic carbocycles. The van der Waals surface area contributed by atoms with Gasteiger partial charge in [0.05, 0.1) is 31.3 Å². The predicted octanol–water partition coefficient (Wildman–Crippen LogP) is 3.36. The summed E-state index contributed by atoms with van der Waals surface area (Å²) in [5.41, 5.74) is 1.11. The zero-order chi connectivity index (χ0) is 16.5. The van der Waals surface area contributed by atoms with Crippen molar-refractivity contribution >= 4 is 11.6 Å². The van der Waals surface area contributed by atoms with E-state index in [-0.39, 0.29) is 18.9 Å². The first-order chi connectivity index (χ1) is 11.2. The van der Waals surface area contributed by atoms with Crippen molar-refractivity contribution in [2.75, 3.05) is 18.5 Å². The lowest BCUT2D eigenvalue weighted by atomic mass is 10.2. The topological polar surface area (TPSA) is 71.3 Å². The van der Waals surface area contributed by atoms with Crippen LogP contribution >= 0.6 is 0 Å². The van der Waals surface area contributed by atoms with Crippen LogP contribution in [-0.4, -0.2) is 19.1 Å². The normalized spacial score (nSPS) is 9.74. The Balaban J connectivity index is 1.77. The van der Waals surface area contributed by atoms with E-state index >= 15 is 0 Å². The lowest BCUT2D eigenvalue weighted by Gasteiger charge is -2.08. The molecule has 23 heavy (non-hydrogen) atoms. The molecule has 0 heterocycles. The summed E-state index contributed by atoms with van der Waals surface area (Å²) in [6.07, 6.45) is 0.226. The van der Waals surface area contributed by atoms with Gasteiger partial charge < -0.3 is 14.8 Å². The minimum absolute atomic E-state index is 0.161. The van der Waals surface area contributed by atoms with Crippen molar-refractivity contribution < 1.29 is 14.3 Å². The lowest BCUT2D eigenvalue weighted by molar-refractivity contribution is -0.116. The van der Waals surface area contributed by atoms with Crippen molar-refractivity contribution in [2.24, 2.45) is 0 Å². The molecule has 0 aromatic heterocycles. The fraction of sp³-hybridized carbons (Fsp3) is 0.222. The summed E-state index contributed by atoms with van der Waals surface area (Å²) < 4.78 is 10.9. The van der Waals surface area contributed by atoms with Crippen molar-refractivity contribution in [2.45, 2.75) is 13.3 Å². The summed E-state index contributed by atoms with van der Waals surface area (Å²) in [6, 6.07) is 16.1. The molecule has 0 bridgehead atoms. The summed E-state index contributed by atoms with van der Waals surface area (Å²) in [5.74, 6) is 1.31. The van der Waals surface area contributed by atoms with E-state index in [1.165, 1.54) is 0 Å². The van der Waals surface area contributed by atoms with Gasteiger partial charge in [0.2, 0.25) is 5.91 Å². The van der Waals surface area contributed by atoms with Gasteiger partial charge in [-0.1, -0.05) is 6.07 Å². The maximum absolute atomic E-state index is 11.8. The Hall–Kier alpha value is -3.00. The minimum atomic E-state index is -0.161. The third-order valence-corrected chi connectivity index (χ3v) is 3.01. The number of hydrogen-bond donors (Lipinski definition) is 1. The van der Waals surface area contributed by atoms with Crippen LogP contribution in [-0.2, 0) is 4.79 Å². The Morgan fingerprint density at radius 3 is 2.48 bits per heavy atom. The standard InChI is InChI=1S/C18H18N2O3/c1-2-22-16-6-8-17(9-7-16)23-11-10-18(21)20-15-5-3-4-14(12-15)13-19/h3-9,12H,2,10-11H2,1H3,(H,20,21). The maximum Gasteiger partial charge on any atom is 0.227 e. The maximum atomic E-state index is 11.8. The highest BCUT2D eigenvalue weighted by Gasteiger charge is 2.04. The van der Waals surface area contributed by atoms with Crippen LogP contribution in [0.1, 0.15) is 18.9 Å². The van der Waals surface area contributed by atoms with Crippen LogP contribution in [0.25, 0.3) is 0 Å². The molecule has 0 saturated carbocycles. The van der Waals surface area contributed by atoms with E-state index in [9.17, 15) is 4.79 Å². The minimum Gasteiger partial charge on any atom is -0.494 e. The molecule has 0 aliphatic rings. The number of carbonyl (C=O) groups excluding carboxylic acids is 1. The van der Waals surface area contributed by atoms with Crippen LogP contribution in [0.2, 0.25) is 0 Å². The van der Waals surface area contributed by atoms with Gasteiger partial charge in [0.1, 0.15) is 11.5 Å². The smallest absolute Gasteiger partial charge is 0.227 e. The predicted molar refractivity (Wildman–Crippen MR) is 87.5 cm³/mol. The fourth-order valence-electron chi connectivity index (χ4n) is 1.95. The van der Waals surface area contributed by atoms with Crippen LogP contribution in [0, 0.1) is 11.3 Å². The van der Waals surface area contributed by atoms with Crippen LogP contribution in [0.3, 0.4) is 0 Å². The first-order valence-electron chi connectivity index (χ1n) is 7.37. The molecule has 0 saturated heterocycles. The second-order valence-corrected chi connectivity index (χ2v) is 4.74. The van der Waals surface area contributed by atoms with Gasteiger partial charge in [-0.3, -0.25) is 4.79 Å². The number of amides is 1. The van der Waals surface area contributed by atoms with E-state index in [2.05, 4.69) is 5.32 Å². The molecular weight excluding hydrogens is 292 g/mol. The summed E-state index contributed by atoms with van der Waals surface area (Å²) >= 11 is 0. The second kappa shape index (κ2) is 8.44. The highest BCUT2D eigenvalue weighted by Crippen LogP contribution is 2.17. The molecule has 0 radical (unpaired) electrons. The van der Waals surface area contributed by atoms with E-state index in [0.29, 0.717) is 23.6 Å². The number of anilines is 1. The second-order valence-electron chi connectivity index (χ2n) is 4.74. The van der Waals surface area contributed by atoms with Crippen LogP contribution in [0.4, 0.5) is 5.69 Å². The molecule has 0 aliphatic heterocycles. The number of rotatable bonds is 7. The zero-order valence-electron chi connectivity index (χ0n) is 12.9. The molecule has 2 aromatic rings. The molecule has 5 heteroatoms. The van der Waals surface area contributed by atoms with E-state index in [1.54, 1.807) is 36.4 Å². The Morgan fingerprint density at radius 2 is 1.83 bits per heavy atom. The summed E-state index contributed by atoms with van der Waals surface area (Å²) in [4.78, 5) is 11.8. The van der Waals surface area contributed by atoms with Gasteiger partial charge in [-0.25, -0.2) is 0 Å². The van der Waals surface area contributed by atoms with Gasteiger partial charge in [-0.15, -0.1) is 0 Å². The molecule has 1 N–H and O–H groups in total. The molecule has 5 nitrogen and oxygen atoms in total. The number of nitrogens with zero attached hydrogens (tertiary/aromatic N) is 1. The van der Waals surface area contributed by atoms with Crippen LogP contribution < -0.4 is 14.8 Å². The van der Waals surface area contributed by atoms with Crippen molar-refractivity contribution in [3.63, 3.8) is 0 Å². The average molecular weight is 310 g/mol. The number of nitriles is 1. The summed E-state index contributed by atoms with van der Waals surface area (Å²) in [6.45, 7) is 2.82. The highest BCUT2D eigenvalue weighted by atomic mass is 16.5. The molecule has 0 fully saturated rings. The molecule has 0 spiro atoms. The monoisotopic (exact) mass is 310 g/mol. The third kappa shape index (κ3) is 5.36. The van der Waals surface area contributed by atoms with E-state index in [4.69, 9.17) is 14.7 Å². The quantitative estimate of drug-likeness (QED) is 0.851. The largest absolute Gasteiger partial charge is 0.494 e. The van der Waals surface area contributed by atoms with Crippen molar-refractivity contribution in [1.82, 2.24) is 0 Å². The molecule has 0 atom stereocenters. The molecule has 2 aromatic carbocycles. The average Bonchev–Trinajstić information content (AvgIpc) is 2.57. The van der Waals surface area contributed by atoms with E-state index in [1.807, 2.05) is 25.1 Å². The van der Waals surface area contributed by atoms with Crippen LogP contribution in [0.15, 0.2) is 48.5 Å². The lowest BCUT2D eigenvalue weighted by Crippen LogP contribution is -2.15. The highest BCUT2D eigenvalue weighted by molar-refractivity contribution is 5.90. The summed E-state index contributed by atoms with van der Waals surface area (Å²) in [5, 5.41) is 11.6. The number of ether oxygens (including phenoxy) is 2. The summed E-state index contributed by atoms with van der Waals surface area (Å²) in [7, 11) is 0. The molecule has 2 rings (SSSR count). The van der Waals surface area contributed by atoms with Gasteiger partial charge in [0.15, 0.2) is 0 Å². The van der Waals surface area contributed by atoms with Crippen molar-refractivity contribution in [1.29, 1.82) is 5.26 Å². The van der Waals surface area contributed by atoms with E-state index in [0.717, 1.165) is 5.75 Å². The molecule has 118 valence electrons. The SMILES string of the molecule is CCOc1ccc(OCCC(=O)Nc2cccc(C#N)c2)cc1. The van der Waals surface area contributed by atoms with Gasteiger partial charge in [0.25, 0.3) is 0 Å². The van der Waals surface area contributed by atoms with Gasteiger partial charge >= 0.3 is 0 Å². The number of carbonyl (C=O) groups is 1. The first-order valence-corrected chi connectivity index (χ1v) is 7.37. The Labute approximate surface area is 135 Å². The zero-order valence-corrected chi connectivity index (χ0v) is 12.9. The molecular formula is C18H18N2O3. The van der Waals surface area contributed by atoms with Gasteiger partial charge in [-0.2, -0.15) is 5.26 Å². The van der Waals surface area contributed by atoms with Gasteiger partial charge in [0, 0.05) is 5.69 Å². The van der Waals surface area contributed by atoms with Crippen LogP contribution in [0.5, 0.6) is 11.5 Å². The van der Waals surface area contributed by atoms with Gasteiger partial charge in [-0.05, 0) is 49.4 Å². The Kier molecular flexibility index (Phi) is 6.01. The number of benzene rings is 2. The van der Waals surface area contributed by atoms with E-state index < -0.39 is 0 Å². The molecule has 1 amide bonds. The Morgan fingerprint density at radius 1 is 1.13 bits per heavy atom. The first kappa shape index (κ1) is 16.4. The van der Waals surface area contributed by atoms with Crippen molar-refractivity contribution in [3.8, 4) is 17.6 Å².